The number of anilines is 2. The molecule has 0 aliphatic heterocycles. The Balaban J connectivity index is 2.53. The van der Waals surface area contributed by atoms with E-state index in [-0.39, 0.29) is 5.91 Å². The number of benzene rings is 1. The van der Waals surface area contributed by atoms with E-state index in [1.807, 2.05) is 0 Å². The second-order valence-corrected chi connectivity index (χ2v) is 4.88. The van der Waals surface area contributed by atoms with Crippen LogP contribution in [0.4, 0.5) is 11.4 Å². The molecule has 1 amide bonds. The van der Waals surface area contributed by atoms with E-state index in [9.17, 15) is 4.79 Å². The molecule has 1 rings (SSSR count). The number of hydroxylamine groups is 2. The van der Waals surface area contributed by atoms with Crippen molar-refractivity contribution in [3.63, 3.8) is 0 Å². The van der Waals surface area contributed by atoms with Gasteiger partial charge in [-0.25, -0.2) is 0 Å². The number of rotatable bonds is 6. The third-order valence-electron chi connectivity index (χ3n) is 2.54. The van der Waals surface area contributed by atoms with Gasteiger partial charge in [0.05, 0.1) is 23.5 Å². The minimum absolute atomic E-state index is 0.152. The standard InChI is InChI=1S/C12H17Cl2N3O2/c1-17(19-2)5-3-4-11(18)16-12-9(14)6-8(13)7-10(12)15/h6-7H,3-5,15H2,1-2H3,(H,16,18). The van der Waals surface area contributed by atoms with E-state index >= 15 is 0 Å². The molecule has 0 saturated carbocycles. The van der Waals surface area contributed by atoms with Gasteiger partial charge in [-0.15, -0.1) is 0 Å². The molecule has 0 bridgehead atoms. The number of halogens is 2. The monoisotopic (exact) mass is 305 g/mol. The Morgan fingerprint density at radius 3 is 2.74 bits per heavy atom. The first-order valence-corrected chi connectivity index (χ1v) is 6.49. The summed E-state index contributed by atoms with van der Waals surface area (Å²) in [4.78, 5) is 16.7. The number of nitrogen functional groups attached to an aromatic ring is 1. The first kappa shape index (κ1) is 16.0. The molecule has 0 spiro atoms. The maximum atomic E-state index is 11.8. The van der Waals surface area contributed by atoms with Crippen molar-refractivity contribution in [2.24, 2.45) is 0 Å². The molecule has 0 atom stereocenters. The first-order chi connectivity index (χ1) is 8.93. The topological polar surface area (TPSA) is 67.6 Å². The molecule has 1 aromatic carbocycles. The molecule has 0 radical (unpaired) electrons. The maximum Gasteiger partial charge on any atom is 0.224 e. The van der Waals surface area contributed by atoms with Gasteiger partial charge in [0.25, 0.3) is 0 Å². The molecule has 7 heteroatoms. The van der Waals surface area contributed by atoms with Gasteiger partial charge in [0.1, 0.15) is 0 Å². The van der Waals surface area contributed by atoms with Crippen LogP contribution in [0, 0.1) is 0 Å². The van der Waals surface area contributed by atoms with E-state index in [1.54, 1.807) is 25.3 Å². The third kappa shape index (κ3) is 5.24. The van der Waals surface area contributed by atoms with Crippen LogP contribution in [0.5, 0.6) is 0 Å². The molecule has 0 aliphatic rings. The quantitative estimate of drug-likeness (QED) is 0.626. The molecule has 1 aromatic rings. The highest BCUT2D eigenvalue weighted by Crippen LogP contribution is 2.32. The zero-order valence-electron chi connectivity index (χ0n) is 10.9. The van der Waals surface area contributed by atoms with Crippen LogP contribution in [-0.4, -0.2) is 31.7 Å². The van der Waals surface area contributed by atoms with Gasteiger partial charge in [-0.1, -0.05) is 23.2 Å². The lowest BCUT2D eigenvalue weighted by molar-refractivity contribution is -0.119. The molecule has 0 aliphatic carbocycles. The molecule has 0 heterocycles. The first-order valence-electron chi connectivity index (χ1n) is 5.73. The predicted molar refractivity (Wildman–Crippen MR) is 78.4 cm³/mol. The van der Waals surface area contributed by atoms with Crippen molar-refractivity contribution in [3.8, 4) is 0 Å². The van der Waals surface area contributed by atoms with Gasteiger partial charge in [-0.2, -0.15) is 5.06 Å². The third-order valence-corrected chi connectivity index (χ3v) is 3.05. The van der Waals surface area contributed by atoms with Crippen LogP contribution < -0.4 is 11.1 Å². The van der Waals surface area contributed by atoms with E-state index in [0.717, 1.165) is 0 Å². The minimum atomic E-state index is -0.152. The summed E-state index contributed by atoms with van der Waals surface area (Å²) in [6.07, 6.45) is 1.02. The van der Waals surface area contributed by atoms with Crippen molar-refractivity contribution in [2.45, 2.75) is 12.8 Å². The van der Waals surface area contributed by atoms with E-state index < -0.39 is 0 Å². The van der Waals surface area contributed by atoms with Crippen LogP contribution >= 0.6 is 23.2 Å². The highest BCUT2D eigenvalue weighted by Gasteiger charge is 2.10. The Labute approximate surface area is 122 Å². The number of carbonyl (C=O) groups excluding carboxylic acids is 1. The minimum Gasteiger partial charge on any atom is -0.397 e. The number of nitrogens with two attached hydrogens (primary N) is 1. The molecule has 0 aromatic heterocycles. The van der Waals surface area contributed by atoms with Gasteiger partial charge in [0.2, 0.25) is 5.91 Å². The van der Waals surface area contributed by atoms with Gasteiger partial charge in [0.15, 0.2) is 0 Å². The van der Waals surface area contributed by atoms with E-state index in [4.69, 9.17) is 33.8 Å². The number of hydrogen-bond donors (Lipinski definition) is 2. The smallest absolute Gasteiger partial charge is 0.224 e. The van der Waals surface area contributed by atoms with Gasteiger partial charge in [-0.05, 0) is 18.6 Å². The Morgan fingerprint density at radius 2 is 2.16 bits per heavy atom. The predicted octanol–water partition coefficient (Wildman–Crippen LogP) is 2.79. The second kappa shape index (κ2) is 7.55. The van der Waals surface area contributed by atoms with Gasteiger partial charge < -0.3 is 15.9 Å². The summed E-state index contributed by atoms with van der Waals surface area (Å²) in [6.45, 7) is 0.660. The van der Waals surface area contributed by atoms with Crippen molar-refractivity contribution >= 4 is 40.5 Å². The highest BCUT2D eigenvalue weighted by atomic mass is 35.5. The van der Waals surface area contributed by atoms with Crippen LogP contribution in [0.15, 0.2) is 12.1 Å². The van der Waals surface area contributed by atoms with Crippen LogP contribution in [0.25, 0.3) is 0 Å². The lowest BCUT2D eigenvalue weighted by Crippen LogP contribution is -2.20. The number of nitrogens with zero attached hydrogens (tertiary/aromatic N) is 1. The average Bonchev–Trinajstić information content (AvgIpc) is 2.33. The molecule has 5 nitrogen and oxygen atoms in total. The summed E-state index contributed by atoms with van der Waals surface area (Å²) in [5, 5.41) is 5.09. The molecule has 0 fully saturated rings. The van der Waals surface area contributed by atoms with Crippen LogP contribution in [0.3, 0.4) is 0 Å². The highest BCUT2D eigenvalue weighted by molar-refractivity contribution is 6.37. The largest absolute Gasteiger partial charge is 0.397 e. The van der Waals surface area contributed by atoms with E-state index in [2.05, 4.69) is 5.32 Å². The molecule has 3 N–H and O–H groups in total. The van der Waals surface area contributed by atoms with E-state index in [1.165, 1.54) is 6.07 Å². The normalized spacial score (nSPS) is 10.8. The zero-order chi connectivity index (χ0) is 14.4. The SMILES string of the molecule is CON(C)CCCC(=O)Nc1c(N)cc(Cl)cc1Cl. The Morgan fingerprint density at radius 1 is 1.47 bits per heavy atom. The maximum absolute atomic E-state index is 11.8. The summed E-state index contributed by atoms with van der Waals surface area (Å²) in [7, 11) is 3.38. The Hall–Kier alpha value is -1.01. The lowest BCUT2D eigenvalue weighted by Gasteiger charge is -2.13. The van der Waals surface area contributed by atoms with Gasteiger partial charge in [-0.3, -0.25) is 4.79 Å². The van der Waals surface area contributed by atoms with Gasteiger partial charge >= 0.3 is 0 Å². The molecular formula is C12H17Cl2N3O2. The van der Waals surface area contributed by atoms with Crippen LogP contribution in [0.2, 0.25) is 10.0 Å². The summed E-state index contributed by atoms with van der Waals surface area (Å²) in [5.74, 6) is -0.152. The number of carbonyl (C=O) groups is 1. The summed E-state index contributed by atoms with van der Waals surface area (Å²) >= 11 is 11.8. The summed E-state index contributed by atoms with van der Waals surface area (Å²) < 4.78 is 0. The van der Waals surface area contributed by atoms with Crippen molar-refractivity contribution in [1.82, 2.24) is 5.06 Å². The van der Waals surface area contributed by atoms with Gasteiger partial charge in [0, 0.05) is 25.0 Å². The second-order valence-electron chi connectivity index (χ2n) is 4.04. The van der Waals surface area contributed by atoms with Crippen molar-refractivity contribution in [1.29, 1.82) is 0 Å². The van der Waals surface area contributed by atoms with Crippen molar-refractivity contribution < 1.29 is 9.63 Å². The summed E-state index contributed by atoms with van der Waals surface area (Å²) in [5.41, 5.74) is 6.50. The molecule has 0 saturated heterocycles. The zero-order valence-corrected chi connectivity index (χ0v) is 12.4. The van der Waals surface area contributed by atoms with E-state index in [0.29, 0.717) is 40.8 Å². The number of amides is 1. The number of nitrogens with one attached hydrogen (secondary N) is 1. The summed E-state index contributed by atoms with van der Waals surface area (Å²) in [6, 6.07) is 3.08. The lowest BCUT2D eigenvalue weighted by atomic mass is 10.2. The Bertz CT molecular complexity index is 432. The fraction of sp³-hybridized carbons (Fsp3) is 0.417. The fourth-order valence-corrected chi connectivity index (χ4v) is 2.04. The fourth-order valence-electron chi connectivity index (χ4n) is 1.48. The molecule has 106 valence electrons. The van der Waals surface area contributed by atoms with Crippen molar-refractivity contribution in [2.75, 3.05) is 31.8 Å². The molecule has 19 heavy (non-hydrogen) atoms. The number of hydrogen-bond acceptors (Lipinski definition) is 4. The Kier molecular flexibility index (Phi) is 6.37. The molecular weight excluding hydrogens is 289 g/mol. The van der Waals surface area contributed by atoms with Crippen LogP contribution in [0.1, 0.15) is 12.8 Å². The van der Waals surface area contributed by atoms with Crippen LogP contribution in [-0.2, 0) is 9.63 Å². The van der Waals surface area contributed by atoms with Crippen molar-refractivity contribution in [3.05, 3.63) is 22.2 Å². The molecule has 0 unspecified atom stereocenters. The average molecular weight is 306 g/mol.